The summed E-state index contributed by atoms with van der Waals surface area (Å²) in [7, 11) is 0.549. The molecule has 765 valence electrons. The summed E-state index contributed by atoms with van der Waals surface area (Å²) in [5.41, 5.74) is 15.6. The van der Waals surface area contributed by atoms with Gasteiger partial charge >= 0.3 is 44.7 Å². The van der Waals surface area contributed by atoms with Crippen molar-refractivity contribution in [1.82, 2.24) is 53.9 Å². The summed E-state index contributed by atoms with van der Waals surface area (Å²) in [6, 6.07) is 58.8. The molecule has 4 aliphatic heterocycles. The van der Waals surface area contributed by atoms with Crippen LogP contribution in [-0.2, 0) is 22.3 Å². The number of benzene rings is 10. The average Bonchev–Trinajstić information content (AvgIpc) is 1.33. The van der Waals surface area contributed by atoms with Crippen molar-refractivity contribution in [1.29, 1.82) is 0 Å². The second-order valence-electron chi connectivity index (χ2n) is 37.2. The number of halogens is 6. The van der Waals surface area contributed by atoms with Crippen LogP contribution in [0.4, 0.5) is 31.5 Å². The number of rotatable bonds is 15. The Morgan fingerprint density at radius 2 is 0.832 bits per heavy atom. The normalized spacial score (nSPS) is 14.1. The number of likely N-dealkylation sites (tertiary alicyclic amines) is 1. The van der Waals surface area contributed by atoms with E-state index >= 15 is 0 Å². The van der Waals surface area contributed by atoms with Crippen LogP contribution in [0, 0.1) is 32.7 Å². The molecule has 3 amide bonds. The molecule has 7 N–H and O–H groups in total. The number of thiazole rings is 2. The minimum atomic E-state index is -0.918. The number of allylic oxidation sites excluding steroid dienone is 2. The van der Waals surface area contributed by atoms with Crippen molar-refractivity contribution >= 4 is 150 Å². The zero-order chi connectivity index (χ0) is 104. The van der Waals surface area contributed by atoms with Crippen molar-refractivity contribution < 1.29 is 119 Å². The van der Waals surface area contributed by atoms with Crippen LogP contribution in [0.15, 0.2) is 266 Å². The first-order chi connectivity index (χ1) is 69.9. The third-order valence-corrected chi connectivity index (χ3v) is 27.4. The van der Waals surface area contributed by atoms with E-state index in [2.05, 4.69) is 63.4 Å². The van der Waals surface area contributed by atoms with Gasteiger partial charge in [0.15, 0.2) is 27.4 Å². The second-order valence-corrected chi connectivity index (χ2v) is 40.2. The largest absolute Gasteiger partial charge is 1.00 e. The molecule has 0 saturated carbocycles. The summed E-state index contributed by atoms with van der Waals surface area (Å²) in [5.74, 6) is -1.84. The van der Waals surface area contributed by atoms with Crippen molar-refractivity contribution in [2.75, 3.05) is 78.5 Å². The SMILES string of the molecule is CC(=O)c1ccc2c(-c3ccc(F)cc3)cn(C(=O)OC(C)(C)C)c2c1.CC(=O)c1ccc2c(I)cn(C(=O)OC(C)(C)C)c2c1.CC(=O)c1ccc2c(c1)CC=C2c1ccc(F)cc1.O.O=C(O)c1ccc2c(c1)CC=C2c1ccc(F)cc1.O=C(c1ccc2c(-c3ccc(F)cc3)c[nH]c2c1)N1CC(N2CCN(C(=O)c3nccs3)CC2)C1.O=C(c1nccs1)N1CCN(C2CNC2)CC1.O[B]Oc1ccc(F)cc1.[Li+].[OH-]. The molecule has 0 unspecified atom stereocenters. The number of Topliss-reactive ketones (excluding diaryl/α,β-unsaturated/α-hetero) is 3. The first-order valence-electron chi connectivity index (χ1n) is 47.1. The van der Waals surface area contributed by atoms with Gasteiger partial charge in [-0.1, -0.05) is 109 Å². The summed E-state index contributed by atoms with van der Waals surface area (Å²) in [6.07, 6.45) is 13.4. The third kappa shape index (κ3) is 28.7. The molecule has 5 aromatic heterocycles. The van der Waals surface area contributed by atoms with Gasteiger partial charge in [-0.05, 0) is 269 Å². The summed E-state index contributed by atoms with van der Waals surface area (Å²) >= 11 is 4.96. The number of aromatic amines is 1. The Hall–Kier alpha value is -14.0. The number of ether oxygens (including phenoxy) is 2. The Labute approximate surface area is 891 Å². The maximum Gasteiger partial charge on any atom is 1.00 e. The molecule has 149 heavy (non-hydrogen) atoms. The van der Waals surface area contributed by atoms with Gasteiger partial charge in [-0.2, -0.15) is 0 Å². The number of carboxylic acid groups (broad SMARTS) is 1. The van der Waals surface area contributed by atoms with Gasteiger partial charge in [-0.3, -0.25) is 47.7 Å². The van der Waals surface area contributed by atoms with Crippen LogP contribution in [0.2, 0.25) is 0 Å². The van der Waals surface area contributed by atoms with E-state index in [1.165, 1.54) is 118 Å². The number of aromatic nitrogens is 5. The fourth-order valence-electron chi connectivity index (χ4n) is 17.3. The number of piperazine rings is 2. The molecule has 1 radical (unpaired) electrons. The van der Waals surface area contributed by atoms with E-state index in [4.69, 9.17) is 19.6 Å². The number of hydrogen-bond donors (Lipinski definition) is 4. The Morgan fingerprint density at radius 1 is 0.443 bits per heavy atom. The molecule has 10 aromatic carbocycles. The third-order valence-electron chi connectivity index (χ3n) is 25.0. The molecule has 4 saturated heterocycles. The van der Waals surface area contributed by atoms with Gasteiger partial charge < -0.3 is 60.2 Å². The summed E-state index contributed by atoms with van der Waals surface area (Å²) in [6.45, 7) is 25.6. The first kappa shape index (κ1) is 114. The molecule has 4 fully saturated rings. The number of fused-ring (bicyclic) bond motifs is 5. The van der Waals surface area contributed by atoms with E-state index in [1.54, 1.807) is 143 Å². The van der Waals surface area contributed by atoms with Crippen molar-refractivity contribution in [3.05, 3.63) is 370 Å². The van der Waals surface area contributed by atoms with Crippen molar-refractivity contribution in [3.8, 4) is 28.0 Å². The number of aromatic carboxylic acids is 1. The standard InChI is InChI=1S/C26H24FN5O2S.C21H20FNO3.C17H13FO.C16H11FO2.C15H16INO3.C11H16N4OS.C6H5BFO2.Li.2H2O/c27-19-4-1-17(2-5-19)22-14-29-23-13-18(3-6-21(22)23)25(33)32-15-20(16-32)30-8-10-31(11-9-30)26(34)24-28-7-12-35-24;1-13(24)15-7-10-17-18(14-5-8-16(22)9-6-14)12-23(19(17)11-15)20(25)26-21(2,3)4;1-11(19)13-4-8-17-14(10-13)5-9-16(17)12-2-6-15(18)7-3-12;17-13-5-1-10(2-6-13)14-7-3-11-9-12(16(18)19)4-8-15(11)14;1-9(18)10-5-6-11-12(16)8-17(13(11)7-10)14(19)20-15(2,3)4;16-11(10-13-1-6-17-10)15-4-2-14(3-5-15)9-7-12-8-9;8-5-1-3-6(4-2-5)10-7-9;;;/h1-7,12-14,20,29H,8-11,15-16H2;5-12H,1-4H3;2-4,6-10H,5H2,1H3;1-2,4-9H,3H2,(H,18,19);5-8H,1-4H3;1,6,9,12H,2-5,7-8H2;1-4,9H;;2*1H2/q;;;;;;;+1;;/p-1. The van der Waals surface area contributed by atoms with E-state index < -0.39 is 29.4 Å². The number of nitrogens with zero attached hydrogens (tertiary/aromatic N) is 9. The maximum atomic E-state index is 13.3. The molecule has 21 rings (SSSR count). The minimum absolute atomic E-state index is 0. The molecule has 0 bridgehead atoms. The topological polar surface area (TPSA) is 363 Å². The number of carboxylic acids is 1. The summed E-state index contributed by atoms with van der Waals surface area (Å²) < 4.78 is 83.8. The minimum Gasteiger partial charge on any atom is -0.870 e. The van der Waals surface area contributed by atoms with Gasteiger partial charge in [-0.25, -0.2) is 46.3 Å². The number of amides is 3. The van der Waals surface area contributed by atoms with Gasteiger partial charge in [0.05, 0.1) is 16.6 Å². The van der Waals surface area contributed by atoms with Gasteiger partial charge in [0.25, 0.3) is 17.7 Å². The summed E-state index contributed by atoms with van der Waals surface area (Å²) in [5, 5.41) is 28.0. The first-order valence-corrected chi connectivity index (χ1v) is 50.0. The molecule has 37 heteroatoms. The Balaban J connectivity index is 0.000000158. The van der Waals surface area contributed by atoms with E-state index in [-0.39, 0.29) is 94.0 Å². The van der Waals surface area contributed by atoms with Crippen LogP contribution in [0.3, 0.4) is 0 Å². The fraction of sp³-hybridized carbons (Fsp3) is 0.241. The molecule has 0 atom stereocenters. The quantitative estimate of drug-likeness (QED) is 0.0320. The van der Waals surface area contributed by atoms with E-state index in [0.717, 1.165) is 156 Å². The molecular formula is C112H108BF5ILiN11O16S2. The molecule has 15 aromatic rings. The zero-order valence-corrected chi connectivity index (χ0v) is 87.2. The number of carbonyl (C=O) groups is 9. The van der Waals surface area contributed by atoms with Crippen LogP contribution in [0.1, 0.15) is 167 Å². The Morgan fingerprint density at radius 3 is 1.26 bits per heavy atom. The molecule has 6 aliphatic rings. The second kappa shape index (κ2) is 50.8. The fourth-order valence-corrected chi connectivity index (χ4v) is 19.2. The Kier molecular flexibility index (Phi) is 38.8. The predicted molar refractivity (Wildman–Crippen MR) is 569 cm³/mol. The molecule has 9 heterocycles. The van der Waals surface area contributed by atoms with E-state index in [0.29, 0.717) is 101 Å². The number of ketones is 3. The number of carbonyl (C=O) groups excluding carboxylic acids is 8. The van der Waals surface area contributed by atoms with Crippen LogP contribution < -0.4 is 28.8 Å². The van der Waals surface area contributed by atoms with Gasteiger partial charge in [0.1, 0.15) is 46.0 Å². The van der Waals surface area contributed by atoms with Gasteiger partial charge in [-0.15, -0.1) is 22.7 Å². The molecule has 27 nitrogen and oxygen atoms in total. The van der Waals surface area contributed by atoms with Crippen molar-refractivity contribution in [2.24, 2.45) is 0 Å². The average molecular weight is 2170 g/mol. The number of hydrogen-bond acceptors (Lipinski definition) is 21. The number of nitrogens with one attached hydrogen (secondary N) is 2. The molecule has 2 aliphatic carbocycles. The number of H-pyrrole nitrogens is 1. The summed E-state index contributed by atoms with van der Waals surface area (Å²) in [4.78, 5) is 130. The monoisotopic (exact) mass is 2170 g/mol. The zero-order valence-electron chi connectivity index (χ0n) is 83.4. The van der Waals surface area contributed by atoms with Crippen molar-refractivity contribution in [3.63, 3.8) is 0 Å². The molecular weight excluding hydrogens is 2060 g/mol. The predicted octanol–water partition coefficient (Wildman–Crippen LogP) is 17.5. The van der Waals surface area contributed by atoms with Crippen LogP contribution >= 0.6 is 45.3 Å². The molecule has 0 spiro atoms. The Bertz CT molecular complexity index is 7260. The maximum absolute atomic E-state index is 13.3. The van der Waals surface area contributed by atoms with Crippen molar-refractivity contribution in [2.45, 2.75) is 98.4 Å². The van der Waals surface area contributed by atoms with Crippen LogP contribution in [0.25, 0.3) is 66.1 Å². The van der Waals surface area contributed by atoms with E-state index in [9.17, 15) is 65.1 Å². The smallest absolute Gasteiger partial charge is 0.870 e. The van der Waals surface area contributed by atoms with Gasteiger partial charge in [0.2, 0.25) is 0 Å². The van der Waals surface area contributed by atoms with E-state index in [1.807, 2.05) is 107 Å². The van der Waals surface area contributed by atoms with Crippen LogP contribution in [-0.4, -0.2) is 232 Å². The van der Waals surface area contributed by atoms with Crippen LogP contribution in [0.5, 0.6) is 5.75 Å². The van der Waals surface area contributed by atoms with Gasteiger partial charge in [0, 0.05) is 191 Å².